The van der Waals surface area contributed by atoms with E-state index in [0.29, 0.717) is 0 Å². The lowest BCUT2D eigenvalue weighted by Gasteiger charge is -2.08. The minimum atomic E-state index is 0.853. The third kappa shape index (κ3) is 2.72. The van der Waals surface area contributed by atoms with E-state index in [0.717, 1.165) is 24.5 Å². The van der Waals surface area contributed by atoms with Gasteiger partial charge in [-0.2, -0.15) is 0 Å². The molecule has 0 radical (unpaired) electrons. The Kier molecular flexibility index (Phi) is 3.22. The van der Waals surface area contributed by atoms with Crippen molar-refractivity contribution >= 4 is 12.0 Å². The summed E-state index contributed by atoms with van der Waals surface area (Å²) >= 11 is 0. The van der Waals surface area contributed by atoms with E-state index >= 15 is 0 Å². The molecule has 1 fully saturated rings. The SMILES string of the molecule is COc1cccc(N=CN2CCCC2)c1. The fourth-order valence-electron chi connectivity index (χ4n) is 1.70. The predicted molar refractivity (Wildman–Crippen MR) is 62.0 cm³/mol. The Labute approximate surface area is 90.4 Å². The molecule has 0 aromatic heterocycles. The largest absolute Gasteiger partial charge is 0.497 e. The first-order chi connectivity index (χ1) is 7.38. The van der Waals surface area contributed by atoms with E-state index in [2.05, 4.69) is 9.89 Å². The Morgan fingerprint density at radius 1 is 1.33 bits per heavy atom. The van der Waals surface area contributed by atoms with E-state index in [9.17, 15) is 0 Å². The van der Waals surface area contributed by atoms with Crippen LogP contribution in [0.5, 0.6) is 5.75 Å². The Bertz CT molecular complexity index is 343. The third-order valence-corrected chi connectivity index (χ3v) is 2.56. The van der Waals surface area contributed by atoms with Gasteiger partial charge in [0, 0.05) is 19.2 Å². The van der Waals surface area contributed by atoms with Gasteiger partial charge in [-0.05, 0) is 25.0 Å². The van der Waals surface area contributed by atoms with Crippen LogP contribution >= 0.6 is 0 Å². The highest BCUT2D eigenvalue weighted by molar-refractivity contribution is 5.62. The lowest BCUT2D eigenvalue weighted by atomic mass is 10.3. The van der Waals surface area contributed by atoms with Gasteiger partial charge in [0.1, 0.15) is 5.75 Å². The van der Waals surface area contributed by atoms with Gasteiger partial charge in [-0.1, -0.05) is 6.07 Å². The van der Waals surface area contributed by atoms with Gasteiger partial charge in [-0.3, -0.25) is 0 Å². The molecule has 3 nitrogen and oxygen atoms in total. The van der Waals surface area contributed by atoms with Gasteiger partial charge in [0.25, 0.3) is 0 Å². The van der Waals surface area contributed by atoms with Gasteiger partial charge in [-0.15, -0.1) is 0 Å². The van der Waals surface area contributed by atoms with E-state index < -0.39 is 0 Å². The van der Waals surface area contributed by atoms with Gasteiger partial charge < -0.3 is 9.64 Å². The molecule has 0 bridgehead atoms. The molecule has 1 aliphatic rings. The van der Waals surface area contributed by atoms with Crippen molar-refractivity contribution in [3.63, 3.8) is 0 Å². The predicted octanol–water partition coefficient (Wildman–Crippen LogP) is 2.45. The van der Waals surface area contributed by atoms with E-state index in [1.165, 1.54) is 12.8 Å². The Morgan fingerprint density at radius 3 is 2.87 bits per heavy atom. The van der Waals surface area contributed by atoms with Crippen LogP contribution in [0.15, 0.2) is 29.3 Å². The number of likely N-dealkylation sites (tertiary alicyclic amines) is 1. The summed E-state index contributed by atoms with van der Waals surface area (Å²) in [6.45, 7) is 2.26. The van der Waals surface area contributed by atoms with Crippen molar-refractivity contribution in [1.29, 1.82) is 0 Å². The third-order valence-electron chi connectivity index (χ3n) is 2.56. The number of aliphatic imine (C=N–C) groups is 1. The van der Waals surface area contributed by atoms with Gasteiger partial charge in [0.2, 0.25) is 0 Å². The first kappa shape index (κ1) is 10.0. The molecule has 2 rings (SSSR count). The summed E-state index contributed by atoms with van der Waals surface area (Å²) in [4.78, 5) is 6.67. The van der Waals surface area contributed by atoms with Crippen LogP contribution in [0.4, 0.5) is 5.69 Å². The zero-order valence-electron chi connectivity index (χ0n) is 9.02. The standard InChI is InChI=1S/C12H16N2O/c1-15-12-6-4-5-11(9-12)13-10-14-7-2-3-8-14/h4-6,9-10H,2-3,7-8H2,1H3. The first-order valence-corrected chi connectivity index (χ1v) is 5.31. The highest BCUT2D eigenvalue weighted by Crippen LogP contribution is 2.19. The van der Waals surface area contributed by atoms with Crippen LogP contribution in [-0.4, -0.2) is 31.4 Å². The van der Waals surface area contributed by atoms with E-state index in [4.69, 9.17) is 4.74 Å². The summed E-state index contributed by atoms with van der Waals surface area (Å²) in [5.74, 6) is 0.853. The molecular weight excluding hydrogens is 188 g/mol. The molecule has 0 spiro atoms. The summed E-state index contributed by atoms with van der Waals surface area (Å²) in [7, 11) is 1.67. The Hall–Kier alpha value is -1.51. The van der Waals surface area contributed by atoms with Crippen LogP contribution in [0.25, 0.3) is 0 Å². The second-order valence-electron chi connectivity index (χ2n) is 3.69. The highest BCUT2D eigenvalue weighted by atomic mass is 16.5. The minimum Gasteiger partial charge on any atom is -0.497 e. The van der Waals surface area contributed by atoms with E-state index in [-0.39, 0.29) is 0 Å². The van der Waals surface area contributed by atoms with Crippen LogP contribution in [0.1, 0.15) is 12.8 Å². The summed E-state index contributed by atoms with van der Waals surface area (Å²) in [6.07, 6.45) is 4.50. The van der Waals surface area contributed by atoms with Gasteiger partial charge >= 0.3 is 0 Å². The van der Waals surface area contributed by atoms with Crippen LogP contribution in [0.2, 0.25) is 0 Å². The number of nitrogens with zero attached hydrogens (tertiary/aromatic N) is 2. The number of hydrogen-bond acceptors (Lipinski definition) is 2. The molecule has 1 saturated heterocycles. The molecule has 3 heteroatoms. The van der Waals surface area contributed by atoms with Crippen molar-refractivity contribution < 1.29 is 4.74 Å². The zero-order valence-corrected chi connectivity index (χ0v) is 9.02. The van der Waals surface area contributed by atoms with Gasteiger partial charge in [0.05, 0.1) is 19.1 Å². The first-order valence-electron chi connectivity index (χ1n) is 5.31. The number of benzene rings is 1. The Morgan fingerprint density at radius 2 is 2.13 bits per heavy atom. The summed E-state index contributed by atoms with van der Waals surface area (Å²) in [5.41, 5.74) is 0.946. The molecule has 0 saturated carbocycles. The quantitative estimate of drug-likeness (QED) is 0.558. The van der Waals surface area contributed by atoms with Crippen LogP contribution < -0.4 is 4.74 Å². The molecule has 15 heavy (non-hydrogen) atoms. The molecule has 0 amide bonds. The van der Waals surface area contributed by atoms with Crippen molar-refractivity contribution in [2.75, 3.05) is 20.2 Å². The molecular formula is C12H16N2O. The monoisotopic (exact) mass is 204 g/mol. The molecule has 1 heterocycles. The Balaban J connectivity index is 2.02. The van der Waals surface area contributed by atoms with Crippen LogP contribution in [-0.2, 0) is 0 Å². The number of rotatable bonds is 3. The lowest BCUT2D eigenvalue weighted by molar-refractivity contribution is 0.415. The van der Waals surface area contributed by atoms with E-state index in [1.54, 1.807) is 7.11 Å². The normalized spacial score (nSPS) is 16.2. The smallest absolute Gasteiger partial charge is 0.121 e. The fraction of sp³-hybridized carbons (Fsp3) is 0.417. The summed E-state index contributed by atoms with van der Waals surface area (Å²) in [6, 6.07) is 7.80. The topological polar surface area (TPSA) is 24.8 Å². The maximum absolute atomic E-state index is 5.14. The van der Waals surface area contributed by atoms with Gasteiger partial charge in [-0.25, -0.2) is 4.99 Å². The van der Waals surface area contributed by atoms with Crippen molar-refractivity contribution in [2.45, 2.75) is 12.8 Å². The second kappa shape index (κ2) is 4.82. The van der Waals surface area contributed by atoms with Crippen LogP contribution in [0, 0.1) is 0 Å². The maximum atomic E-state index is 5.14. The van der Waals surface area contributed by atoms with Crippen molar-refractivity contribution in [3.05, 3.63) is 24.3 Å². The zero-order chi connectivity index (χ0) is 10.5. The molecule has 0 aliphatic carbocycles. The second-order valence-corrected chi connectivity index (χ2v) is 3.69. The average molecular weight is 204 g/mol. The molecule has 0 unspecified atom stereocenters. The minimum absolute atomic E-state index is 0.853. The fourth-order valence-corrected chi connectivity index (χ4v) is 1.70. The molecule has 1 aromatic carbocycles. The molecule has 0 N–H and O–H groups in total. The molecule has 80 valence electrons. The number of hydrogen-bond donors (Lipinski definition) is 0. The van der Waals surface area contributed by atoms with Gasteiger partial charge in [0.15, 0.2) is 0 Å². The number of ether oxygens (including phenoxy) is 1. The lowest BCUT2D eigenvalue weighted by Crippen LogP contribution is -2.15. The summed E-state index contributed by atoms with van der Waals surface area (Å²) < 4.78 is 5.14. The average Bonchev–Trinajstić information content (AvgIpc) is 2.79. The summed E-state index contributed by atoms with van der Waals surface area (Å²) in [5, 5.41) is 0. The maximum Gasteiger partial charge on any atom is 0.121 e. The molecule has 0 atom stereocenters. The molecule has 1 aliphatic heterocycles. The van der Waals surface area contributed by atoms with E-state index in [1.807, 2.05) is 30.6 Å². The molecule has 1 aromatic rings. The van der Waals surface area contributed by atoms with Crippen LogP contribution in [0.3, 0.4) is 0 Å². The van der Waals surface area contributed by atoms with Crippen molar-refractivity contribution in [3.8, 4) is 5.75 Å². The van der Waals surface area contributed by atoms with Crippen molar-refractivity contribution in [2.24, 2.45) is 4.99 Å². The van der Waals surface area contributed by atoms with Crippen molar-refractivity contribution in [1.82, 2.24) is 4.90 Å². The number of methoxy groups -OCH3 is 1. The highest BCUT2D eigenvalue weighted by Gasteiger charge is 2.06.